The van der Waals surface area contributed by atoms with Crippen LogP contribution in [0.25, 0.3) is 0 Å². The fourth-order valence-corrected chi connectivity index (χ4v) is 6.31. The molecule has 2 atom stereocenters. The van der Waals surface area contributed by atoms with Crippen LogP contribution in [0.2, 0.25) is 0 Å². The minimum atomic E-state index is -1.26. The molecule has 2 aliphatic carbocycles. The number of hydrogen-bond acceptors (Lipinski definition) is 4. The fraction of sp³-hybridized carbons (Fsp3) is 0.429. The molecule has 6 rings (SSSR count). The predicted molar refractivity (Wildman–Crippen MR) is 137 cm³/mol. The third-order valence-corrected chi connectivity index (χ3v) is 8.47. The van der Waals surface area contributed by atoms with Crippen LogP contribution in [0.1, 0.15) is 47.9 Å². The van der Waals surface area contributed by atoms with E-state index in [-0.39, 0.29) is 18.6 Å². The molecule has 39 heavy (non-hydrogen) atoms. The number of rotatable bonds is 4. The fourth-order valence-electron chi connectivity index (χ4n) is 6.31. The minimum absolute atomic E-state index is 0.102. The molecule has 2 fully saturated rings. The van der Waals surface area contributed by atoms with E-state index in [1.807, 2.05) is 0 Å². The molecule has 0 bridgehead atoms. The SMILES string of the molecule is CNC(=O)Nc1ccc2c(c1)CC[C@]21NC(=O)N(CC(=O)N2Cc3cc(F)c(F)cc3CCC2C2CC2)C1=O. The highest BCUT2D eigenvalue weighted by molar-refractivity contribution is 6.10. The molecule has 9 nitrogen and oxygen atoms in total. The molecule has 1 unspecified atom stereocenters. The van der Waals surface area contributed by atoms with Crippen LogP contribution in [0.3, 0.4) is 0 Å². The van der Waals surface area contributed by atoms with Crippen molar-refractivity contribution in [3.8, 4) is 0 Å². The van der Waals surface area contributed by atoms with Crippen molar-refractivity contribution >= 4 is 29.6 Å². The third kappa shape index (κ3) is 4.29. The highest BCUT2D eigenvalue weighted by atomic mass is 19.2. The lowest BCUT2D eigenvalue weighted by atomic mass is 9.91. The first kappa shape index (κ1) is 25.3. The zero-order valence-electron chi connectivity index (χ0n) is 21.5. The zero-order chi connectivity index (χ0) is 27.5. The summed E-state index contributed by atoms with van der Waals surface area (Å²) in [5.41, 5.74) is 2.01. The van der Waals surface area contributed by atoms with E-state index >= 15 is 0 Å². The molecule has 0 aromatic heterocycles. The highest BCUT2D eigenvalue weighted by Crippen LogP contribution is 2.43. The lowest BCUT2D eigenvalue weighted by Crippen LogP contribution is -2.48. The first-order valence-corrected chi connectivity index (χ1v) is 13.2. The van der Waals surface area contributed by atoms with Gasteiger partial charge < -0.3 is 20.9 Å². The Bertz CT molecular complexity index is 1410. The van der Waals surface area contributed by atoms with Crippen LogP contribution >= 0.6 is 0 Å². The van der Waals surface area contributed by atoms with Gasteiger partial charge in [-0.05, 0) is 91.0 Å². The molecule has 11 heteroatoms. The van der Waals surface area contributed by atoms with E-state index in [4.69, 9.17) is 0 Å². The van der Waals surface area contributed by atoms with Gasteiger partial charge in [-0.15, -0.1) is 0 Å². The van der Waals surface area contributed by atoms with Crippen LogP contribution in [-0.4, -0.2) is 53.3 Å². The van der Waals surface area contributed by atoms with Crippen molar-refractivity contribution in [2.24, 2.45) is 5.92 Å². The Balaban J connectivity index is 1.23. The smallest absolute Gasteiger partial charge is 0.325 e. The van der Waals surface area contributed by atoms with Crippen LogP contribution in [0, 0.1) is 17.6 Å². The van der Waals surface area contributed by atoms with Gasteiger partial charge in [-0.1, -0.05) is 6.07 Å². The summed E-state index contributed by atoms with van der Waals surface area (Å²) in [6.45, 7) is -0.328. The molecule has 2 aliphatic heterocycles. The second kappa shape index (κ2) is 9.32. The highest BCUT2D eigenvalue weighted by Gasteiger charge is 2.56. The van der Waals surface area contributed by atoms with Crippen LogP contribution in [0.15, 0.2) is 30.3 Å². The maximum absolute atomic E-state index is 14.1. The maximum Gasteiger partial charge on any atom is 0.325 e. The number of amides is 6. The molecule has 4 aliphatic rings. The van der Waals surface area contributed by atoms with E-state index in [2.05, 4.69) is 16.0 Å². The normalized spacial score (nSPS) is 23.8. The molecule has 2 aromatic carbocycles. The Hall–Kier alpha value is -4.02. The summed E-state index contributed by atoms with van der Waals surface area (Å²) in [4.78, 5) is 54.7. The molecule has 1 spiro atoms. The van der Waals surface area contributed by atoms with Crippen molar-refractivity contribution in [2.75, 3.05) is 18.9 Å². The first-order chi connectivity index (χ1) is 18.7. The lowest BCUT2D eigenvalue weighted by molar-refractivity contribution is -0.141. The number of halogens is 2. The summed E-state index contributed by atoms with van der Waals surface area (Å²) in [5, 5.41) is 8.01. The Morgan fingerprint density at radius 2 is 1.77 bits per heavy atom. The summed E-state index contributed by atoms with van der Waals surface area (Å²) < 4.78 is 28.0. The van der Waals surface area contributed by atoms with E-state index in [0.29, 0.717) is 54.0 Å². The number of hydrogen-bond donors (Lipinski definition) is 3. The van der Waals surface area contributed by atoms with Crippen molar-refractivity contribution in [3.63, 3.8) is 0 Å². The van der Waals surface area contributed by atoms with Crippen LogP contribution in [-0.2, 0) is 34.5 Å². The number of anilines is 1. The van der Waals surface area contributed by atoms with E-state index in [1.54, 1.807) is 23.1 Å². The summed E-state index contributed by atoms with van der Waals surface area (Å²) in [6.07, 6.45) is 3.92. The summed E-state index contributed by atoms with van der Waals surface area (Å²) >= 11 is 0. The van der Waals surface area contributed by atoms with Gasteiger partial charge in [-0.25, -0.2) is 18.4 Å². The molecule has 2 heterocycles. The number of aryl methyl sites for hydroxylation is 2. The largest absolute Gasteiger partial charge is 0.341 e. The van der Waals surface area contributed by atoms with Gasteiger partial charge in [0.05, 0.1) is 0 Å². The number of fused-ring (bicyclic) bond motifs is 3. The molecule has 6 amide bonds. The Morgan fingerprint density at radius 1 is 1.03 bits per heavy atom. The number of carbonyl (C=O) groups excluding carboxylic acids is 4. The first-order valence-electron chi connectivity index (χ1n) is 13.2. The number of nitrogens with zero attached hydrogens (tertiary/aromatic N) is 2. The standard InChI is InChI=1S/C28H29F2N5O4/c1-31-26(38)32-19-5-6-20-17(10-19)8-9-28(20)25(37)35(27(39)33-28)14-24(36)34-13-18-12-22(30)21(29)11-16(18)4-7-23(34)15-2-3-15/h5-6,10-12,15,23H,2-4,7-9,13-14H2,1H3,(H,33,39)(H2,31,32,38)/t23?,28-/m0/s1. The zero-order valence-corrected chi connectivity index (χ0v) is 21.5. The number of urea groups is 2. The summed E-state index contributed by atoms with van der Waals surface area (Å²) in [5.74, 6) is -2.46. The van der Waals surface area contributed by atoms with E-state index < -0.39 is 41.6 Å². The monoisotopic (exact) mass is 537 g/mol. The molecule has 0 radical (unpaired) electrons. The summed E-state index contributed by atoms with van der Waals surface area (Å²) in [6, 6.07) is 6.40. The Kier molecular flexibility index (Phi) is 6.04. The topological polar surface area (TPSA) is 111 Å². The predicted octanol–water partition coefficient (Wildman–Crippen LogP) is 3.16. The van der Waals surface area contributed by atoms with Crippen LogP contribution in [0.5, 0.6) is 0 Å². The molecule has 1 saturated carbocycles. The van der Waals surface area contributed by atoms with Gasteiger partial charge in [0, 0.05) is 25.3 Å². The Labute approximate surface area is 223 Å². The van der Waals surface area contributed by atoms with Gasteiger partial charge >= 0.3 is 12.1 Å². The van der Waals surface area contributed by atoms with Gasteiger partial charge in [0.25, 0.3) is 5.91 Å². The molecular formula is C28H29F2N5O4. The van der Waals surface area contributed by atoms with E-state index in [0.717, 1.165) is 29.4 Å². The van der Waals surface area contributed by atoms with Gasteiger partial charge in [-0.3, -0.25) is 14.5 Å². The van der Waals surface area contributed by atoms with Gasteiger partial charge in [0.1, 0.15) is 12.1 Å². The lowest BCUT2D eigenvalue weighted by Gasteiger charge is -2.31. The third-order valence-electron chi connectivity index (χ3n) is 8.47. The Morgan fingerprint density at radius 3 is 2.49 bits per heavy atom. The number of nitrogens with one attached hydrogen (secondary N) is 3. The molecule has 204 valence electrons. The minimum Gasteiger partial charge on any atom is -0.341 e. The van der Waals surface area contributed by atoms with Crippen LogP contribution < -0.4 is 16.0 Å². The average Bonchev–Trinajstić information content (AvgIpc) is 3.68. The number of carbonyl (C=O) groups is 4. The molecule has 3 N–H and O–H groups in total. The summed E-state index contributed by atoms with van der Waals surface area (Å²) in [7, 11) is 1.51. The van der Waals surface area contributed by atoms with Gasteiger partial charge in [0.2, 0.25) is 5.91 Å². The maximum atomic E-state index is 14.1. The molecule has 2 aromatic rings. The molecule has 1 saturated heterocycles. The second-order valence-electron chi connectivity index (χ2n) is 10.8. The van der Waals surface area contributed by atoms with Gasteiger partial charge in [0.15, 0.2) is 11.6 Å². The van der Waals surface area contributed by atoms with E-state index in [1.165, 1.54) is 13.1 Å². The quantitative estimate of drug-likeness (QED) is 0.521. The molecular weight excluding hydrogens is 508 g/mol. The average molecular weight is 538 g/mol. The second-order valence-corrected chi connectivity index (χ2v) is 10.8. The van der Waals surface area contributed by atoms with Crippen molar-refractivity contribution in [2.45, 2.75) is 56.7 Å². The van der Waals surface area contributed by atoms with Crippen molar-refractivity contribution in [3.05, 3.63) is 64.2 Å². The number of imide groups is 1. The van der Waals surface area contributed by atoms with Crippen molar-refractivity contribution < 1.29 is 28.0 Å². The van der Waals surface area contributed by atoms with Crippen molar-refractivity contribution in [1.29, 1.82) is 0 Å². The van der Waals surface area contributed by atoms with Crippen molar-refractivity contribution in [1.82, 2.24) is 20.4 Å². The van der Waals surface area contributed by atoms with E-state index in [9.17, 15) is 28.0 Å². The van der Waals surface area contributed by atoms with Crippen LogP contribution in [0.4, 0.5) is 24.1 Å². The number of benzene rings is 2. The van der Waals surface area contributed by atoms with Gasteiger partial charge in [-0.2, -0.15) is 0 Å².